The van der Waals surface area contributed by atoms with Crippen molar-refractivity contribution in [2.24, 2.45) is 0 Å². The van der Waals surface area contributed by atoms with E-state index in [1.807, 2.05) is 0 Å². The summed E-state index contributed by atoms with van der Waals surface area (Å²) in [6.07, 6.45) is 0. The molecule has 0 unspecified atom stereocenters. The summed E-state index contributed by atoms with van der Waals surface area (Å²) < 4.78 is 26.5. The molecular formula is C12H6Cl2F2. The molecular weight excluding hydrogens is 253 g/mol. The summed E-state index contributed by atoms with van der Waals surface area (Å²) in [5.41, 5.74) is 0.485. The molecule has 0 heterocycles. The third-order valence-corrected chi connectivity index (χ3v) is 2.71. The Balaban J connectivity index is 2.66. The van der Waals surface area contributed by atoms with Crippen LogP contribution in [-0.2, 0) is 0 Å². The molecule has 0 amide bonds. The highest BCUT2D eigenvalue weighted by Crippen LogP contribution is 2.32. The van der Waals surface area contributed by atoms with Crippen LogP contribution >= 0.6 is 23.2 Å². The van der Waals surface area contributed by atoms with Gasteiger partial charge in [0, 0.05) is 21.2 Å². The number of benzene rings is 2. The van der Waals surface area contributed by atoms with Crippen molar-refractivity contribution in [2.45, 2.75) is 0 Å². The molecule has 0 aromatic heterocycles. The summed E-state index contributed by atoms with van der Waals surface area (Å²) in [5, 5.41) is 0.747. The van der Waals surface area contributed by atoms with Gasteiger partial charge in [-0.25, -0.2) is 8.78 Å². The van der Waals surface area contributed by atoms with E-state index in [0.717, 1.165) is 18.2 Å². The van der Waals surface area contributed by atoms with Gasteiger partial charge in [0.25, 0.3) is 0 Å². The zero-order valence-electron chi connectivity index (χ0n) is 7.98. The maximum atomic E-state index is 13.5. The van der Waals surface area contributed by atoms with Gasteiger partial charge < -0.3 is 0 Å². The summed E-state index contributed by atoms with van der Waals surface area (Å²) >= 11 is 11.7. The fraction of sp³-hybridized carbons (Fsp3) is 0. The third kappa shape index (κ3) is 2.18. The van der Waals surface area contributed by atoms with Crippen LogP contribution in [-0.4, -0.2) is 0 Å². The highest BCUT2D eigenvalue weighted by Gasteiger charge is 2.10. The predicted molar refractivity (Wildman–Crippen MR) is 61.8 cm³/mol. The molecule has 0 bridgehead atoms. The van der Waals surface area contributed by atoms with Crippen LogP contribution in [0.15, 0.2) is 36.4 Å². The first-order chi connectivity index (χ1) is 7.58. The molecule has 2 aromatic rings. The quantitative estimate of drug-likeness (QED) is 0.680. The SMILES string of the molecule is Fc1ccc(F)c(-c2cc(Cl)ccc2Cl)c1. The summed E-state index contributed by atoms with van der Waals surface area (Å²) in [6, 6.07) is 7.84. The Morgan fingerprint density at radius 1 is 0.812 bits per heavy atom. The molecule has 0 saturated carbocycles. The van der Waals surface area contributed by atoms with Crippen molar-refractivity contribution in [1.82, 2.24) is 0 Å². The molecule has 0 radical (unpaired) electrons. The monoisotopic (exact) mass is 258 g/mol. The summed E-state index contributed by atoms with van der Waals surface area (Å²) in [6.45, 7) is 0. The molecule has 0 aliphatic rings. The van der Waals surface area contributed by atoms with Crippen LogP contribution in [0.4, 0.5) is 8.78 Å². The van der Waals surface area contributed by atoms with Crippen molar-refractivity contribution in [2.75, 3.05) is 0 Å². The highest BCUT2D eigenvalue weighted by atomic mass is 35.5. The molecule has 2 rings (SSSR count). The van der Waals surface area contributed by atoms with E-state index < -0.39 is 11.6 Å². The van der Waals surface area contributed by atoms with Gasteiger partial charge in [-0.1, -0.05) is 23.2 Å². The van der Waals surface area contributed by atoms with E-state index in [4.69, 9.17) is 23.2 Å². The van der Waals surface area contributed by atoms with E-state index in [0.29, 0.717) is 15.6 Å². The molecule has 0 fully saturated rings. The summed E-state index contributed by atoms with van der Waals surface area (Å²) in [7, 11) is 0. The summed E-state index contributed by atoms with van der Waals surface area (Å²) in [4.78, 5) is 0. The lowest BCUT2D eigenvalue weighted by Gasteiger charge is -2.06. The van der Waals surface area contributed by atoms with E-state index in [1.165, 1.54) is 6.07 Å². The molecule has 4 heteroatoms. The van der Waals surface area contributed by atoms with Crippen molar-refractivity contribution in [3.63, 3.8) is 0 Å². The lowest BCUT2D eigenvalue weighted by atomic mass is 10.1. The minimum atomic E-state index is -0.537. The van der Waals surface area contributed by atoms with Crippen molar-refractivity contribution in [1.29, 1.82) is 0 Å². The molecule has 2 aromatic carbocycles. The Labute approximate surface area is 101 Å². The molecule has 0 spiro atoms. The zero-order chi connectivity index (χ0) is 11.7. The zero-order valence-corrected chi connectivity index (χ0v) is 9.49. The van der Waals surface area contributed by atoms with Crippen LogP contribution in [0.2, 0.25) is 10.0 Å². The molecule has 0 aliphatic heterocycles. The largest absolute Gasteiger partial charge is 0.207 e. The minimum absolute atomic E-state index is 0.104. The van der Waals surface area contributed by atoms with Gasteiger partial charge >= 0.3 is 0 Å². The number of rotatable bonds is 1. The van der Waals surface area contributed by atoms with Gasteiger partial charge in [0.15, 0.2) is 0 Å². The molecule has 82 valence electrons. The van der Waals surface area contributed by atoms with E-state index in [2.05, 4.69) is 0 Å². The fourth-order valence-corrected chi connectivity index (χ4v) is 1.80. The second kappa shape index (κ2) is 4.40. The third-order valence-electron chi connectivity index (χ3n) is 2.15. The Morgan fingerprint density at radius 2 is 1.56 bits per heavy atom. The van der Waals surface area contributed by atoms with E-state index in [9.17, 15) is 8.78 Å². The number of halogens is 4. The molecule has 0 nitrogen and oxygen atoms in total. The molecule has 0 aliphatic carbocycles. The Hall–Kier alpha value is -1.12. The number of hydrogen-bond donors (Lipinski definition) is 0. The van der Waals surface area contributed by atoms with Crippen molar-refractivity contribution in [3.8, 4) is 11.1 Å². The highest BCUT2D eigenvalue weighted by molar-refractivity contribution is 6.35. The Morgan fingerprint density at radius 3 is 2.31 bits per heavy atom. The maximum absolute atomic E-state index is 13.5. The average Bonchev–Trinajstić information content (AvgIpc) is 2.25. The molecule has 0 saturated heterocycles. The van der Waals surface area contributed by atoms with Gasteiger partial charge in [0.1, 0.15) is 11.6 Å². The van der Waals surface area contributed by atoms with Crippen LogP contribution in [0.3, 0.4) is 0 Å². The van der Waals surface area contributed by atoms with Crippen molar-refractivity contribution in [3.05, 3.63) is 58.1 Å². The first-order valence-corrected chi connectivity index (χ1v) is 5.24. The van der Waals surface area contributed by atoms with Gasteiger partial charge in [0.2, 0.25) is 0 Å². The van der Waals surface area contributed by atoms with Gasteiger partial charge in [0.05, 0.1) is 0 Å². The Bertz CT molecular complexity index is 489. The van der Waals surface area contributed by atoms with Gasteiger partial charge in [-0.15, -0.1) is 0 Å². The van der Waals surface area contributed by atoms with Crippen molar-refractivity contribution >= 4 is 23.2 Å². The van der Waals surface area contributed by atoms with E-state index in [1.54, 1.807) is 12.1 Å². The van der Waals surface area contributed by atoms with Gasteiger partial charge in [-0.3, -0.25) is 0 Å². The lowest BCUT2D eigenvalue weighted by molar-refractivity contribution is 0.603. The maximum Gasteiger partial charge on any atom is 0.131 e. The first-order valence-electron chi connectivity index (χ1n) is 4.48. The van der Waals surface area contributed by atoms with Gasteiger partial charge in [-0.2, -0.15) is 0 Å². The van der Waals surface area contributed by atoms with E-state index >= 15 is 0 Å². The van der Waals surface area contributed by atoms with Crippen LogP contribution in [0.25, 0.3) is 11.1 Å². The molecule has 0 N–H and O–H groups in total. The Kier molecular flexibility index (Phi) is 3.13. The van der Waals surface area contributed by atoms with Crippen LogP contribution in [0.1, 0.15) is 0 Å². The normalized spacial score (nSPS) is 10.5. The van der Waals surface area contributed by atoms with Crippen LogP contribution in [0.5, 0.6) is 0 Å². The van der Waals surface area contributed by atoms with Gasteiger partial charge in [-0.05, 0) is 36.4 Å². The van der Waals surface area contributed by atoms with E-state index in [-0.39, 0.29) is 5.56 Å². The lowest BCUT2D eigenvalue weighted by Crippen LogP contribution is -1.87. The number of hydrogen-bond acceptors (Lipinski definition) is 0. The average molecular weight is 259 g/mol. The van der Waals surface area contributed by atoms with Crippen LogP contribution < -0.4 is 0 Å². The minimum Gasteiger partial charge on any atom is -0.207 e. The molecule has 16 heavy (non-hydrogen) atoms. The summed E-state index contributed by atoms with van der Waals surface area (Å²) in [5.74, 6) is -1.06. The second-order valence-corrected chi connectivity index (χ2v) is 4.09. The smallest absolute Gasteiger partial charge is 0.131 e. The topological polar surface area (TPSA) is 0 Å². The fourth-order valence-electron chi connectivity index (χ4n) is 1.41. The predicted octanol–water partition coefficient (Wildman–Crippen LogP) is 4.94. The standard InChI is InChI=1S/C12H6Cl2F2/c13-7-1-3-11(14)9(5-7)10-6-8(15)2-4-12(10)16/h1-6H. The van der Waals surface area contributed by atoms with Crippen LogP contribution in [0, 0.1) is 11.6 Å². The first kappa shape index (κ1) is 11.4. The van der Waals surface area contributed by atoms with Crippen molar-refractivity contribution < 1.29 is 8.78 Å². The molecule has 0 atom stereocenters. The second-order valence-electron chi connectivity index (χ2n) is 3.25.